The summed E-state index contributed by atoms with van der Waals surface area (Å²) in [5.74, 6) is 1.44. The van der Waals surface area contributed by atoms with Gasteiger partial charge in [0, 0.05) is 0 Å². The van der Waals surface area contributed by atoms with Crippen LogP contribution in [0, 0.1) is 0 Å². The standard InChI is InChI=1S/C12H14O2/c1-8(13)11-7-10(9-3-4-9)5-6-12(11)14-2/h5-7,9H,3-4H2,1-2H3. The summed E-state index contributed by atoms with van der Waals surface area (Å²) in [5.41, 5.74) is 1.98. The molecule has 14 heavy (non-hydrogen) atoms. The van der Waals surface area contributed by atoms with Gasteiger partial charge in [0.05, 0.1) is 12.7 Å². The molecule has 2 rings (SSSR count). The Morgan fingerprint density at radius 3 is 2.64 bits per heavy atom. The molecule has 0 atom stereocenters. The van der Waals surface area contributed by atoms with Crippen molar-refractivity contribution in [2.45, 2.75) is 25.7 Å². The van der Waals surface area contributed by atoms with E-state index in [0.717, 1.165) is 0 Å². The summed E-state index contributed by atoms with van der Waals surface area (Å²) < 4.78 is 5.14. The first-order valence-electron chi connectivity index (χ1n) is 4.91. The van der Waals surface area contributed by atoms with Crippen LogP contribution in [0.2, 0.25) is 0 Å². The molecule has 0 bridgehead atoms. The van der Waals surface area contributed by atoms with Crippen molar-refractivity contribution in [1.29, 1.82) is 0 Å². The maximum absolute atomic E-state index is 11.3. The summed E-state index contributed by atoms with van der Waals surface area (Å²) in [6, 6.07) is 5.92. The van der Waals surface area contributed by atoms with Gasteiger partial charge in [-0.05, 0) is 43.4 Å². The lowest BCUT2D eigenvalue weighted by atomic mass is 10.0. The zero-order valence-electron chi connectivity index (χ0n) is 8.54. The van der Waals surface area contributed by atoms with Gasteiger partial charge in [-0.25, -0.2) is 0 Å². The number of benzene rings is 1. The van der Waals surface area contributed by atoms with Crippen LogP contribution in [0.15, 0.2) is 18.2 Å². The van der Waals surface area contributed by atoms with Crippen LogP contribution in [-0.2, 0) is 0 Å². The Balaban J connectivity index is 2.40. The summed E-state index contributed by atoms with van der Waals surface area (Å²) in [7, 11) is 1.60. The van der Waals surface area contributed by atoms with Gasteiger partial charge in [0.15, 0.2) is 5.78 Å². The summed E-state index contributed by atoms with van der Waals surface area (Å²) in [4.78, 5) is 11.3. The molecule has 1 aromatic rings. The highest BCUT2D eigenvalue weighted by Gasteiger charge is 2.24. The smallest absolute Gasteiger partial charge is 0.163 e. The van der Waals surface area contributed by atoms with Crippen LogP contribution in [0.4, 0.5) is 0 Å². The number of Topliss-reactive ketones (excluding diaryl/α,β-unsaturated/α-hetero) is 1. The Hall–Kier alpha value is -1.31. The first kappa shape index (κ1) is 9.25. The van der Waals surface area contributed by atoms with Crippen molar-refractivity contribution in [1.82, 2.24) is 0 Å². The Morgan fingerprint density at radius 1 is 1.43 bits per heavy atom. The molecular weight excluding hydrogens is 176 g/mol. The molecule has 1 aromatic carbocycles. The Labute approximate surface area is 83.9 Å². The lowest BCUT2D eigenvalue weighted by Gasteiger charge is -2.07. The third-order valence-corrected chi connectivity index (χ3v) is 2.65. The molecule has 1 aliphatic carbocycles. The van der Waals surface area contributed by atoms with Crippen LogP contribution in [0.1, 0.15) is 41.6 Å². The second-order valence-electron chi connectivity index (χ2n) is 3.79. The number of carbonyl (C=O) groups excluding carboxylic acids is 1. The molecule has 1 aliphatic rings. The predicted octanol–water partition coefficient (Wildman–Crippen LogP) is 2.78. The molecule has 0 amide bonds. The maximum Gasteiger partial charge on any atom is 0.163 e. The molecule has 2 heteroatoms. The molecule has 0 spiro atoms. The minimum atomic E-state index is 0.0735. The van der Waals surface area contributed by atoms with Gasteiger partial charge >= 0.3 is 0 Å². The van der Waals surface area contributed by atoms with E-state index in [9.17, 15) is 4.79 Å². The van der Waals surface area contributed by atoms with Crippen LogP contribution < -0.4 is 4.74 Å². The van der Waals surface area contributed by atoms with Crippen molar-refractivity contribution in [3.8, 4) is 5.75 Å². The zero-order valence-corrected chi connectivity index (χ0v) is 8.54. The lowest BCUT2D eigenvalue weighted by molar-refractivity contribution is 0.101. The topological polar surface area (TPSA) is 26.3 Å². The Bertz CT molecular complexity index is 365. The number of carbonyl (C=O) groups is 1. The summed E-state index contributed by atoms with van der Waals surface area (Å²) in [5, 5.41) is 0. The van der Waals surface area contributed by atoms with Gasteiger partial charge in [0.25, 0.3) is 0 Å². The fourth-order valence-corrected chi connectivity index (χ4v) is 1.67. The molecule has 1 fully saturated rings. The molecule has 1 saturated carbocycles. The number of ketones is 1. The SMILES string of the molecule is COc1ccc(C2CC2)cc1C(C)=O. The molecule has 0 unspecified atom stereocenters. The largest absolute Gasteiger partial charge is 0.496 e. The number of methoxy groups -OCH3 is 1. The molecule has 0 saturated heterocycles. The molecule has 0 N–H and O–H groups in total. The fraction of sp³-hybridized carbons (Fsp3) is 0.417. The van der Waals surface area contributed by atoms with Crippen LogP contribution >= 0.6 is 0 Å². The molecule has 0 aliphatic heterocycles. The molecule has 0 aromatic heterocycles. The van der Waals surface area contributed by atoms with E-state index in [1.807, 2.05) is 12.1 Å². The number of hydrogen-bond donors (Lipinski definition) is 0. The normalized spacial score (nSPS) is 15.3. The van der Waals surface area contributed by atoms with E-state index in [0.29, 0.717) is 17.2 Å². The van der Waals surface area contributed by atoms with Crippen molar-refractivity contribution < 1.29 is 9.53 Å². The van der Waals surface area contributed by atoms with Gasteiger partial charge in [-0.3, -0.25) is 4.79 Å². The van der Waals surface area contributed by atoms with E-state index >= 15 is 0 Å². The minimum Gasteiger partial charge on any atom is -0.496 e. The molecule has 0 heterocycles. The fourth-order valence-electron chi connectivity index (χ4n) is 1.67. The maximum atomic E-state index is 11.3. The van der Waals surface area contributed by atoms with Crippen LogP contribution in [-0.4, -0.2) is 12.9 Å². The first-order valence-corrected chi connectivity index (χ1v) is 4.91. The van der Waals surface area contributed by atoms with Crippen molar-refractivity contribution in [3.05, 3.63) is 29.3 Å². The van der Waals surface area contributed by atoms with Crippen molar-refractivity contribution >= 4 is 5.78 Å². The lowest BCUT2D eigenvalue weighted by Crippen LogP contribution is -1.98. The van der Waals surface area contributed by atoms with Crippen LogP contribution in [0.5, 0.6) is 5.75 Å². The highest BCUT2D eigenvalue weighted by atomic mass is 16.5. The van der Waals surface area contributed by atoms with E-state index in [4.69, 9.17) is 4.74 Å². The van der Waals surface area contributed by atoms with Gasteiger partial charge in [-0.2, -0.15) is 0 Å². The highest BCUT2D eigenvalue weighted by molar-refractivity contribution is 5.97. The zero-order chi connectivity index (χ0) is 10.1. The third kappa shape index (κ3) is 1.65. The van der Waals surface area contributed by atoms with E-state index in [1.165, 1.54) is 18.4 Å². The summed E-state index contributed by atoms with van der Waals surface area (Å²) in [6.07, 6.45) is 2.51. The molecular formula is C12H14O2. The first-order chi connectivity index (χ1) is 6.72. The van der Waals surface area contributed by atoms with Gasteiger partial charge < -0.3 is 4.74 Å². The van der Waals surface area contributed by atoms with Crippen LogP contribution in [0.25, 0.3) is 0 Å². The Morgan fingerprint density at radius 2 is 2.14 bits per heavy atom. The van der Waals surface area contributed by atoms with E-state index < -0.39 is 0 Å². The molecule has 0 radical (unpaired) electrons. The summed E-state index contributed by atoms with van der Waals surface area (Å²) in [6.45, 7) is 1.58. The molecule has 74 valence electrons. The number of ether oxygens (including phenoxy) is 1. The van der Waals surface area contributed by atoms with Crippen molar-refractivity contribution in [3.63, 3.8) is 0 Å². The second-order valence-corrected chi connectivity index (χ2v) is 3.79. The predicted molar refractivity (Wildman–Crippen MR) is 55.0 cm³/mol. The number of rotatable bonds is 3. The van der Waals surface area contributed by atoms with E-state index in [1.54, 1.807) is 14.0 Å². The average Bonchev–Trinajstić information content (AvgIpc) is 3.00. The van der Waals surface area contributed by atoms with Crippen molar-refractivity contribution in [2.24, 2.45) is 0 Å². The minimum absolute atomic E-state index is 0.0735. The molecule has 2 nitrogen and oxygen atoms in total. The average molecular weight is 190 g/mol. The van der Waals surface area contributed by atoms with E-state index in [2.05, 4.69) is 6.07 Å². The number of hydrogen-bond acceptors (Lipinski definition) is 2. The van der Waals surface area contributed by atoms with E-state index in [-0.39, 0.29) is 5.78 Å². The third-order valence-electron chi connectivity index (χ3n) is 2.65. The summed E-state index contributed by atoms with van der Waals surface area (Å²) >= 11 is 0. The monoisotopic (exact) mass is 190 g/mol. The van der Waals surface area contributed by atoms with Gasteiger partial charge in [-0.15, -0.1) is 0 Å². The van der Waals surface area contributed by atoms with Crippen molar-refractivity contribution in [2.75, 3.05) is 7.11 Å². The quantitative estimate of drug-likeness (QED) is 0.685. The van der Waals surface area contributed by atoms with Gasteiger partial charge in [-0.1, -0.05) is 6.07 Å². The van der Waals surface area contributed by atoms with Gasteiger partial charge in [0.2, 0.25) is 0 Å². The van der Waals surface area contributed by atoms with Gasteiger partial charge in [0.1, 0.15) is 5.75 Å². The highest BCUT2D eigenvalue weighted by Crippen LogP contribution is 2.41. The Kier molecular flexibility index (Phi) is 2.28. The van der Waals surface area contributed by atoms with Crippen LogP contribution in [0.3, 0.4) is 0 Å². The second kappa shape index (κ2) is 3.45.